The SMILES string of the molecule is O=c1c(Br)cccn1CC1CCNC1. The molecule has 0 bridgehead atoms. The second-order valence-corrected chi connectivity index (χ2v) is 4.53. The predicted molar refractivity (Wildman–Crippen MR) is 59.4 cm³/mol. The van der Waals surface area contributed by atoms with Crippen molar-refractivity contribution in [3.8, 4) is 0 Å². The first-order chi connectivity index (χ1) is 6.77. The highest BCUT2D eigenvalue weighted by molar-refractivity contribution is 9.10. The van der Waals surface area contributed by atoms with E-state index in [0.717, 1.165) is 19.6 Å². The third-order valence-electron chi connectivity index (χ3n) is 2.59. The van der Waals surface area contributed by atoms with Gasteiger partial charge in [0.1, 0.15) is 0 Å². The molecule has 1 aromatic heterocycles. The first-order valence-electron chi connectivity index (χ1n) is 4.83. The third kappa shape index (κ3) is 2.07. The summed E-state index contributed by atoms with van der Waals surface area (Å²) in [5.74, 6) is 0.599. The lowest BCUT2D eigenvalue weighted by atomic mass is 10.1. The summed E-state index contributed by atoms with van der Waals surface area (Å²) in [6.07, 6.45) is 3.02. The minimum atomic E-state index is 0.0689. The Balaban J connectivity index is 2.16. The van der Waals surface area contributed by atoms with Crippen LogP contribution in [0.3, 0.4) is 0 Å². The van der Waals surface area contributed by atoms with Gasteiger partial charge in [0.05, 0.1) is 4.47 Å². The molecule has 0 aromatic carbocycles. The van der Waals surface area contributed by atoms with Crippen LogP contribution in [-0.2, 0) is 6.54 Å². The molecule has 1 atom stereocenters. The average molecular weight is 257 g/mol. The van der Waals surface area contributed by atoms with Crippen molar-refractivity contribution in [1.29, 1.82) is 0 Å². The maximum atomic E-state index is 11.7. The molecule has 0 spiro atoms. The van der Waals surface area contributed by atoms with Crippen LogP contribution >= 0.6 is 15.9 Å². The fraction of sp³-hybridized carbons (Fsp3) is 0.500. The second kappa shape index (κ2) is 4.28. The van der Waals surface area contributed by atoms with E-state index in [1.165, 1.54) is 6.42 Å². The maximum Gasteiger partial charge on any atom is 0.264 e. The van der Waals surface area contributed by atoms with Gasteiger partial charge in [-0.05, 0) is 53.5 Å². The Morgan fingerprint density at radius 2 is 2.50 bits per heavy atom. The summed E-state index contributed by atoms with van der Waals surface area (Å²) < 4.78 is 2.42. The minimum Gasteiger partial charge on any atom is -0.316 e. The van der Waals surface area contributed by atoms with Crippen LogP contribution in [0, 0.1) is 5.92 Å². The molecule has 4 heteroatoms. The fourth-order valence-corrected chi connectivity index (χ4v) is 2.18. The van der Waals surface area contributed by atoms with Gasteiger partial charge in [0, 0.05) is 12.7 Å². The van der Waals surface area contributed by atoms with E-state index in [0.29, 0.717) is 10.4 Å². The van der Waals surface area contributed by atoms with E-state index in [1.54, 1.807) is 10.6 Å². The average Bonchev–Trinajstić information content (AvgIpc) is 2.66. The van der Waals surface area contributed by atoms with Gasteiger partial charge in [-0.15, -0.1) is 0 Å². The van der Waals surface area contributed by atoms with Crippen LogP contribution in [0.25, 0.3) is 0 Å². The van der Waals surface area contributed by atoms with Crippen molar-refractivity contribution in [2.45, 2.75) is 13.0 Å². The van der Waals surface area contributed by atoms with E-state index in [-0.39, 0.29) is 5.56 Å². The highest BCUT2D eigenvalue weighted by Crippen LogP contribution is 2.10. The zero-order valence-corrected chi connectivity index (χ0v) is 9.46. The molecule has 1 aliphatic rings. The van der Waals surface area contributed by atoms with E-state index >= 15 is 0 Å². The molecule has 76 valence electrons. The van der Waals surface area contributed by atoms with Crippen LogP contribution in [0.1, 0.15) is 6.42 Å². The molecule has 0 saturated carbocycles. The van der Waals surface area contributed by atoms with Crippen molar-refractivity contribution in [2.75, 3.05) is 13.1 Å². The summed E-state index contributed by atoms with van der Waals surface area (Å²) >= 11 is 3.25. The Morgan fingerprint density at radius 1 is 1.64 bits per heavy atom. The van der Waals surface area contributed by atoms with E-state index in [9.17, 15) is 4.79 Å². The summed E-state index contributed by atoms with van der Waals surface area (Å²) in [5.41, 5.74) is 0.0689. The molecule has 2 rings (SSSR count). The van der Waals surface area contributed by atoms with Gasteiger partial charge in [-0.3, -0.25) is 4.79 Å². The quantitative estimate of drug-likeness (QED) is 0.864. The molecule has 0 radical (unpaired) electrons. The molecule has 0 aliphatic carbocycles. The maximum absolute atomic E-state index is 11.7. The van der Waals surface area contributed by atoms with E-state index in [2.05, 4.69) is 21.2 Å². The van der Waals surface area contributed by atoms with Crippen molar-refractivity contribution >= 4 is 15.9 Å². The highest BCUT2D eigenvalue weighted by atomic mass is 79.9. The van der Waals surface area contributed by atoms with E-state index in [4.69, 9.17) is 0 Å². The zero-order valence-electron chi connectivity index (χ0n) is 7.87. The molecule has 1 aromatic rings. The number of halogens is 1. The smallest absolute Gasteiger partial charge is 0.264 e. The molecule has 1 saturated heterocycles. The molecule has 1 unspecified atom stereocenters. The van der Waals surface area contributed by atoms with Crippen LogP contribution in [0.5, 0.6) is 0 Å². The molecule has 1 aliphatic heterocycles. The van der Waals surface area contributed by atoms with Gasteiger partial charge in [0.2, 0.25) is 0 Å². The normalized spacial score (nSPS) is 21.4. The van der Waals surface area contributed by atoms with Gasteiger partial charge >= 0.3 is 0 Å². The number of nitrogens with zero attached hydrogens (tertiary/aromatic N) is 1. The number of rotatable bonds is 2. The van der Waals surface area contributed by atoms with Crippen LogP contribution in [0.15, 0.2) is 27.6 Å². The molecule has 3 nitrogen and oxygen atoms in total. The molecule has 14 heavy (non-hydrogen) atoms. The van der Waals surface area contributed by atoms with Gasteiger partial charge in [0.15, 0.2) is 0 Å². The number of nitrogens with one attached hydrogen (secondary N) is 1. The molecule has 0 amide bonds. The molecule has 1 fully saturated rings. The van der Waals surface area contributed by atoms with Crippen LogP contribution in [0.4, 0.5) is 0 Å². The molecule has 1 N–H and O–H groups in total. The standard InChI is InChI=1S/C10H13BrN2O/c11-9-2-1-5-13(10(9)14)7-8-3-4-12-6-8/h1-2,5,8,12H,3-4,6-7H2. The zero-order chi connectivity index (χ0) is 9.97. The number of aromatic nitrogens is 1. The van der Waals surface area contributed by atoms with Crippen LogP contribution < -0.4 is 10.9 Å². The largest absolute Gasteiger partial charge is 0.316 e. The lowest BCUT2D eigenvalue weighted by molar-refractivity contribution is 0.471. The Hall–Kier alpha value is -0.610. The van der Waals surface area contributed by atoms with Crippen LogP contribution in [0.2, 0.25) is 0 Å². The first kappa shape index (κ1) is 9.93. The van der Waals surface area contributed by atoms with E-state index < -0.39 is 0 Å². The van der Waals surface area contributed by atoms with Crippen molar-refractivity contribution in [3.63, 3.8) is 0 Å². The van der Waals surface area contributed by atoms with Gasteiger partial charge < -0.3 is 9.88 Å². The van der Waals surface area contributed by atoms with Crippen molar-refractivity contribution < 1.29 is 0 Å². The van der Waals surface area contributed by atoms with Crippen LogP contribution in [-0.4, -0.2) is 17.7 Å². The first-order valence-corrected chi connectivity index (χ1v) is 5.62. The minimum absolute atomic E-state index is 0.0689. The summed E-state index contributed by atoms with van der Waals surface area (Å²) in [4.78, 5) is 11.7. The summed E-state index contributed by atoms with van der Waals surface area (Å²) in [6, 6.07) is 3.68. The Morgan fingerprint density at radius 3 is 3.21 bits per heavy atom. The van der Waals surface area contributed by atoms with Crippen molar-refractivity contribution in [1.82, 2.24) is 9.88 Å². The Bertz CT molecular complexity index is 369. The Kier molecular flexibility index (Phi) is 3.03. The van der Waals surface area contributed by atoms with Gasteiger partial charge in [-0.1, -0.05) is 0 Å². The molecular formula is C10H13BrN2O. The monoisotopic (exact) mass is 256 g/mol. The second-order valence-electron chi connectivity index (χ2n) is 3.67. The topological polar surface area (TPSA) is 34.0 Å². The predicted octanol–water partition coefficient (Wildman–Crippen LogP) is 1.22. The lowest BCUT2D eigenvalue weighted by Crippen LogP contribution is -2.24. The number of hydrogen-bond donors (Lipinski definition) is 1. The van der Waals surface area contributed by atoms with Crippen molar-refractivity contribution in [3.05, 3.63) is 33.2 Å². The van der Waals surface area contributed by atoms with Crippen molar-refractivity contribution in [2.24, 2.45) is 5.92 Å². The summed E-state index contributed by atoms with van der Waals surface area (Å²) in [7, 11) is 0. The fourth-order valence-electron chi connectivity index (χ4n) is 1.80. The third-order valence-corrected chi connectivity index (χ3v) is 3.19. The highest BCUT2D eigenvalue weighted by Gasteiger charge is 2.15. The summed E-state index contributed by atoms with van der Waals surface area (Å²) in [6.45, 7) is 2.93. The Labute approximate surface area is 91.3 Å². The van der Waals surface area contributed by atoms with Gasteiger partial charge in [0.25, 0.3) is 5.56 Å². The van der Waals surface area contributed by atoms with Gasteiger partial charge in [-0.2, -0.15) is 0 Å². The molecule has 2 heterocycles. The number of hydrogen-bond acceptors (Lipinski definition) is 2. The van der Waals surface area contributed by atoms with E-state index in [1.807, 2.05) is 12.3 Å². The molecular weight excluding hydrogens is 244 g/mol. The number of pyridine rings is 1. The van der Waals surface area contributed by atoms with Gasteiger partial charge in [-0.25, -0.2) is 0 Å². The summed E-state index contributed by atoms with van der Waals surface area (Å²) in [5, 5.41) is 3.30. The lowest BCUT2D eigenvalue weighted by Gasteiger charge is -2.10.